The van der Waals surface area contributed by atoms with Gasteiger partial charge in [0, 0.05) is 5.75 Å². The highest BCUT2D eigenvalue weighted by atomic mass is 32.2. The van der Waals surface area contributed by atoms with E-state index in [1.165, 1.54) is 11.5 Å². The highest BCUT2D eigenvalue weighted by molar-refractivity contribution is 7.97. The van der Waals surface area contributed by atoms with Gasteiger partial charge in [0.15, 0.2) is 5.82 Å². The number of aromatic nitrogens is 2. The van der Waals surface area contributed by atoms with E-state index in [-0.39, 0.29) is 0 Å². The zero-order valence-electron chi connectivity index (χ0n) is 5.00. The number of thioether (sulfide) groups is 1. The Morgan fingerprint density at radius 3 is 3.00 bits per heavy atom. The van der Waals surface area contributed by atoms with Crippen molar-refractivity contribution in [1.29, 1.82) is 0 Å². The minimum Gasteiger partial charge on any atom is -0.381 e. The van der Waals surface area contributed by atoms with E-state index in [2.05, 4.69) is 9.59 Å². The van der Waals surface area contributed by atoms with E-state index in [4.69, 9.17) is 5.73 Å². The molecule has 2 N–H and O–H groups in total. The van der Waals surface area contributed by atoms with Gasteiger partial charge in [-0.05, 0) is 17.8 Å². The number of nitrogen functional groups attached to an aromatic ring is 1. The Bertz CT molecular complexity index is 186. The van der Waals surface area contributed by atoms with Crippen LogP contribution >= 0.6 is 23.3 Å². The molecule has 0 amide bonds. The molecule has 0 aliphatic carbocycles. The molecule has 0 saturated carbocycles. The van der Waals surface area contributed by atoms with Crippen LogP contribution in [0.5, 0.6) is 0 Å². The second-order valence-corrected chi connectivity index (χ2v) is 3.22. The van der Waals surface area contributed by atoms with Gasteiger partial charge in [-0.15, -0.1) is 5.10 Å². The summed E-state index contributed by atoms with van der Waals surface area (Å²) in [7, 11) is 0. The summed E-state index contributed by atoms with van der Waals surface area (Å²) in [5, 5.41) is 3.67. The second-order valence-electron chi connectivity index (χ2n) is 1.51. The van der Waals surface area contributed by atoms with Gasteiger partial charge in [-0.1, -0.05) is 4.49 Å². The molecule has 0 aliphatic rings. The smallest absolute Gasteiger partial charge is 0.162 e. The Balaban J connectivity index is 2.69. The van der Waals surface area contributed by atoms with E-state index in [0.29, 0.717) is 5.82 Å². The fourth-order valence-electron chi connectivity index (χ4n) is 0.448. The molecular formula is C4H7N3S2. The van der Waals surface area contributed by atoms with Crippen molar-refractivity contribution in [2.45, 2.75) is 5.75 Å². The predicted molar refractivity (Wildman–Crippen MR) is 41.5 cm³/mol. The van der Waals surface area contributed by atoms with Crippen molar-refractivity contribution in [3.05, 3.63) is 4.88 Å². The van der Waals surface area contributed by atoms with Gasteiger partial charge in [0.05, 0.1) is 4.88 Å². The molecule has 9 heavy (non-hydrogen) atoms. The number of hydrogen-bond donors (Lipinski definition) is 1. The van der Waals surface area contributed by atoms with Gasteiger partial charge < -0.3 is 5.73 Å². The summed E-state index contributed by atoms with van der Waals surface area (Å²) in [5.74, 6) is 1.50. The van der Waals surface area contributed by atoms with Crippen LogP contribution in [0, 0.1) is 0 Å². The number of nitrogens with two attached hydrogens (primary N) is 1. The van der Waals surface area contributed by atoms with Crippen molar-refractivity contribution in [1.82, 2.24) is 9.59 Å². The number of hydrogen-bond acceptors (Lipinski definition) is 5. The number of anilines is 1. The van der Waals surface area contributed by atoms with Crippen molar-refractivity contribution in [2.24, 2.45) is 0 Å². The second kappa shape index (κ2) is 3.03. The van der Waals surface area contributed by atoms with Crippen LogP contribution in [0.15, 0.2) is 0 Å². The molecule has 0 aromatic carbocycles. The highest BCUT2D eigenvalue weighted by Crippen LogP contribution is 2.17. The van der Waals surface area contributed by atoms with E-state index in [1.54, 1.807) is 11.8 Å². The Hall–Kier alpha value is -0.290. The monoisotopic (exact) mass is 161 g/mol. The largest absolute Gasteiger partial charge is 0.381 e. The standard InChI is InChI=1S/C4H7N3S2/c1-8-2-3-4(5)6-7-9-3/h2,5H2,1H3. The van der Waals surface area contributed by atoms with Crippen molar-refractivity contribution in [2.75, 3.05) is 12.0 Å². The van der Waals surface area contributed by atoms with Gasteiger partial charge in [0.25, 0.3) is 0 Å². The van der Waals surface area contributed by atoms with E-state index in [0.717, 1.165) is 10.6 Å². The van der Waals surface area contributed by atoms with Crippen LogP contribution in [0.1, 0.15) is 4.88 Å². The average molecular weight is 161 g/mol. The fraction of sp³-hybridized carbons (Fsp3) is 0.500. The summed E-state index contributed by atoms with van der Waals surface area (Å²) in [6.45, 7) is 0. The molecule has 0 spiro atoms. The van der Waals surface area contributed by atoms with Crippen LogP contribution in [0.25, 0.3) is 0 Å². The first-order valence-corrected chi connectivity index (χ1v) is 4.57. The van der Waals surface area contributed by atoms with Crippen LogP contribution in [0.4, 0.5) is 5.82 Å². The summed E-state index contributed by atoms with van der Waals surface area (Å²) in [6, 6.07) is 0. The summed E-state index contributed by atoms with van der Waals surface area (Å²) in [5.41, 5.74) is 5.45. The average Bonchev–Trinajstić information content (AvgIpc) is 2.18. The molecule has 50 valence electrons. The maximum atomic E-state index is 5.45. The van der Waals surface area contributed by atoms with E-state index in [9.17, 15) is 0 Å². The van der Waals surface area contributed by atoms with E-state index in [1.807, 2.05) is 6.26 Å². The zero-order valence-corrected chi connectivity index (χ0v) is 6.63. The molecule has 1 aromatic rings. The fourth-order valence-corrected chi connectivity index (χ4v) is 1.78. The summed E-state index contributed by atoms with van der Waals surface area (Å²) in [6.07, 6.45) is 2.03. The van der Waals surface area contributed by atoms with Crippen LogP contribution < -0.4 is 5.73 Å². The molecule has 1 heterocycles. The molecule has 0 saturated heterocycles. The third-order valence-corrected chi connectivity index (χ3v) is 2.36. The molecule has 1 rings (SSSR count). The molecule has 0 atom stereocenters. The Kier molecular flexibility index (Phi) is 2.29. The summed E-state index contributed by atoms with van der Waals surface area (Å²) < 4.78 is 3.69. The van der Waals surface area contributed by atoms with Gasteiger partial charge in [0.1, 0.15) is 0 Å². The van der Waals surface area contributed by atoms with Gasteiger partial charge in [-0.3, -0.25) is 0 Å². The molecule has 0 radical (unpaired) electrons. The number of nitrogens with zero attached hydrogens (tertiary/aromatic N) is 2. The lowest BCUT2D eigenvalue weighted by Crippen LogP contribution is -1.88. The van der Waals surface area contributed by atoms with Gasteiger partial charge in [-0.2, -0.15) is 11.8 Å². The van der Waals surface area contributed by atoms with Crippen LogP contribution in [-0.2, 0) is 5.75 Å². The maximum Gasteiger partial charge on any atom is 0.162 e. The van der Waals surface area contributed by atoms with E-state index >= 15 is 0 Å². The van der Waals surface area contributed by atoms with Gasteiger partial charge >= 0.3 is 0 Å². The highest BCUT2D eigenvalue weighted by Gasteiger charge is 2.00. The molecule has 0 fully saturated rings. The topological polar surface area (TPSA) is 51.8 Å². The molecule has 0 aliphatic heterocycles. The Morgan fingerprint density at radius 1 is 1.78 bits per heavy atom. The maximum absolute atomic E-state index is 5.45. The lowest BCUT2D eigenvalue weighted by molar-refractivity contribution is 1.16. The van der Waals surface area contributed by atoms with Crippen molar-refractivity contribution in [3.63, 3.8) is 0 Å². The first-order valence-electron chi connectivity index (χ1n) is 2.40. The molecule has 1 aromatic heterocycles. The van der Waals surface area contributed by atoms with Crippen molar-refractivity contribution in [3.8, 4) is 0 Å². The lowest BCUT2D eigenvalue weighted by atomic mass is 10.6. The van der Waals surface area contributed by atoms with Crippen molar-refractivity contribution < 1.29 is 0 Å². The van der Waals surface area contributed by atoms with Crippen LogP contribution in [0.3, 0.4) is 0 Å². The normalized spacial score (nSPS) is 9.89. The molecule has 3 nitrogen and oxygen atoms in total. The predicted octanol–water partition coefficient (Wildman–Crippen LogP) is 0.983. The Labute approximate surface area is 61.8 Å². The third kappa shape index (κ3) is 1.56. The molecular weight excluding hydrogens is 154 g/mol. The zero-order chi connectivity index (χ0) is 6.69. The minimum atomic E-state index is 0.578. The van der Waals surface area contributed by atoms with Crippen LogP contribution in [-0.4, -0.2) is 15.8 Å². The van der Waals surface area contributed by atoms with Crippen LogP contribution in [0.2, 0.25) is 0 Å². The summed E-state index contributed by atoms with van der Waals surface area (Å²) >= 11 is 3.09. The lowest BCUT2D eigenvalue weighted by Gasteiger charge is -1.88. The molecule has 5 heteroatoms. The quantitative estimate of drug-likeness (QED) is 0.702. The Morgan fingerprint density at radius 2 is 2.56 bits per heavy atom. The summed E-state index contributed by atoms with van der Waals surface area (Å²) in [4.78, 5) is 1.07. The van der Waals surface area contributed by atoms with E-state index < -0.39 is 0 Å². The SMILES string of the molecule is CSCc1snnc1N. The first kappa shape index (κ1) is 6.82. The van der Waals surface area contributed by atoms with Gasteiger partial charge in [-0.25, -0.2) is 0 Å². The first-order chi connectivity index (χ1) is 4.34. The minimum absolute atomic E-state index is 0.578. The molecule has 0 unspecified atom stereocenters. The number of rotatable bonds is 2. The van der Waals surface area contributed by atoms with Crippen molar-refractivity contribution >= 4 is 29.1 Å². The van der Waals surface area contributed by atoms with Gasteiger partial charge in [0.2, 0.25) is 0 Å². The third-order valence-electron chi connectivity index (χ3n) is 0.861. The molecule has 0 bridgehead atoms.